The molecule has 1 aliphatic carbocycles. The highest BCUT2D eigenvalue weighted by molar-refractivity contribution is 7.17. The van der Waals surface area contributed by atoms with Crippen LogP contribution in [0.1, 0.15) is 35.4 Å². The third-order valence-corrected chi connectivity index (χ3v) is 7.54. The zero-order valence-electron chi connectivity index (χ0n) is 19.9. The molecule has 1 aliphatic rings. The number of carbonyl (C=O) groups is 2. The van der Waals surface area contributed by atoms with E-state index in [4.69, 9.17) is 10.5 Å². The predicted molar refractivity (Wildman–Crippen MR) is 144 cm³/mol. The zero-order chi connectivity index (χ0) is 24.9. The number of alkyl carbamates (subject to hydrolysis) is 1. The number of carbonyl (C=O) groups excluding carboxylic acids is 2. The quantitative estimate of drug-likeness (QED) is 0.280. The number of rotatable bonds is 9. The van der Waals surface area contributed by atoms with Crippen LogP contribution in [0.25, 0.3) is 10.1 Å². The van der Waals surface area contributed by atoms with Gasteiger partial charge in [0.25, 0.3) is 0 Å². The Balaban J connectivity index is 1.25. The van der Waals surface area contributed by atoms with Crippen LogP contribution in [0.5, 0.6) is 0 Å². The summed E-state index contributed by atoms with van der Waals surface area (Å²) in [5, 5.41) is 9.03. The molecule has 36 heavy (non-hydrogen) atoms. The molecule has 6 nitrogen and oxygen atoms in total. The van der Waals surface area contributed by atoms with Crippen LogP contribution < -0.4 is 16.4 Å². The summed E-state index contributed by atoms with van der Waals surface area (Å²) in [5.41, 5.74) is 9.87. The second kappa shape index (κ2) is 10.9. The van der Waals surface area contributed by atoms with Crippen LogP contribution in [0, 0.1) is 0 Å². The molecule has 0 bridgehead atoms. The molecule has 184 valence electrons. The van der Waals surface area contributed by atoms with Gasteiger partial charge in [-0.05, 0) is 64.9 Å². The van der Waals surface area contributed by atoms with Crippen LogP contribution in [-0.4, -0.2) is 24.1 Å². The Kier molecular flexibility index (Phi) is 7.30. The van der Waals surface area contributed by atoms with Crippen LogP contribution >= 0.6 is 11.3 Å². The molecular formula is C29H29N3O3S. The summed E-state index contributed by atoms with van der Waals surface area (Å²) in [6.07, 6.45) is 1.48. The van der Waals surface area contributed by atoms with Crippen molar-refractivity contribution in [2.24, 2.45) is 5.73 Å². The molecule has 3 atom stereocenters. The van der Waals surface area contributed by atoms with Gasteiger partial charge < -0.3 is 21.1 Å². The predicted octanol–water partition coefficient (Wildman–Crippen LogP) is 5.58. The van der Waals surface area contributed by atoms with Crippen molar-refractivity contribution in [2.75, 3.05) is 5.32 Å². The van der Waals surface area contributed by atoms with Gasteiger partial charge in [0.1, 0.15) is 12.6 Å². The van der Waals surface area contributed by atoms with Gasteiger partial charge in [0.15, 0.2) is 0 Å². The Hall–Kier alpha value is -3.68. The number of benzene rings is 3. The van der Waals surface area contributed by atoms with Gasteiger partial charge in [0, 0.05) is 22.3 Å². The first-order valence-corrected chi connectivity index (χ1v) is 13.0. The van der Waals surface area contributed by atoms with Gasteiger partial charge in [-0.3, -0.25) is 4.79 Å². The van der Waals surface area contributed by atoms with Crippen molar-refractivity contribution >= 4 is 39.1 Å². The van der Waals surface area contributed by atoms with Crippen molar-refractivity contribution in [2.45, 2.75) is 43.9 Å². The highest BCUT2D eigenvalue weighted by atomic mass is 32.1. The summed E-state index contributed by atoms with van der Waals surface area (Å²) in [6.45, 7) is 0.140. The van der Waals surface area contributed by atoms with Crippen molar-refractivity contribution in [1.82, 2.24) is 5.32 Å². The first kappa shape index (κ1) is 24.0. The molecule has 4 N–H and O–H groups in total. The summed E-state index contributed by atoms with van der Waals surface area (Å²) >= 11 is 1.68. The summed E-state index contributed by atoms with van der Waals surface area (Å²) in [4.78, 5) is 25.8. The maximum Gasteiger partial charge on any atom is 0.408 e. The van der Waals surface area contributed by atoms with E-state index in [1.54, 1.807) is 11.3 Å². The minimum Gasteiger partial charge on any atom is -0.445 e. The molecule has 0 saturated heterocycles. The highest BCUT2D eigenvalue weighted by Crippen LogP contribution is 2.39. The maximum absolute atomic E-state index is 13.2. The number of fused-ring (bicyclic) bond motifs is 1. The summed E-state index contributed by atoms with van der Waals surface area (Å²) in [5.74, 6) is 0.131. The Labute approximate surface area is 214 Å². The van der Waals surface area contributed by atoms with Crippen molar-refractivity contribution in [3.8, 4) is 0 Å². The fourth-order valence-electron chi connectivity index (χ4n) is 4.34. The SMILES string of the molecule is N[C@@H]1C[C@H]1c1ccc(NC(=O)C(CCc2csc3ccccc23)NC(=O)OCc2ccccc2)cc1. The van der Waals surface area contributed by atoms with Crippen molar-refractivity contribution in [1.29, 1.82) is 0 Å². The molecule has 3 aromatic carbocycles. The van der Waals surface area contributed by atoms with Gasteiger partial charge in [0.05, 0.1) is 0 Å². The summed E-state index contributed by atoms with van der Waals surface area (Å²) in [7, 11) is 0. The average molecular weight is 500 g/mol. The van der Waals surface area contributed by atoms with E-state index in [0.29, 0.717) is 24.4 Å². The highest BCUT2D eigenvalue weighted by Gasteiger charge is 2.34. The first-order chi connectivity index (χ1) is 17.6. The van der Waals surface area contributed by atoms with Crippen LogP contribution in [-0.2, 0) is 22.6 Å². The molecule has 1 aromatic heterocycles. The Morgan fingerprint density at radius 1 is 1.00 bits per heavy atom. The smallest absolute Gasteiger partial charge is 0.408 e. The number of nitrogens with one attached hydrogen (secondary N) is 2. The van der Waals surface area contributed by atoms with E-state index >= 15 is 0 Å². The molecule has 5 rings (SSSR count). The molecule has 1 saturated carbocycles. The van der Waals surface area contributed by atoms with Gasteiger partial charge in [-0.1, -0.05) is 60.7 Å². The van der Waals surface area contributed by atoms with E-state index in [1.165, 1.54) is 15.6 Å². The molecule has 2 amide bonds. The molecule has 0 spiro atoms. The van der Waals surface area contributed by atoms with Gasteiger partial charge in [-0.15, -0.1) is 11.3 Å². The minimum absolute atomic E-state index is 0.140. The van der Waals surface area contributed by atoms with E-state index in [1.807, 2.05) is 66.7 Å². The number of thiophene rings is 1. The number of amides is 2. The molecule has 1 unspecified atom stereocenters. The van der Waals surface area contributed by atoms with Crippen LogP contribution in [0.2, 0.25) is 0 Å². The lowest BCUT2D eigenvalue weighted by Gasteiger charge is -2.18. The largest absolute Gasteiger partial charge is 0.445 e. The maximum atomic E-state index is 13.2. The third-order valence-electron chi connectivity index (χ3n) is 6.53. The topological polar surface area (TPSA) is 93.5 Å². The lowest BCUT2D eigenvalue weighted by molar-refractivity contribution is -0.118. The number of nitrogens with two attached hydrogens (primary N) is 1. The normalized spacial score (nSPS) is 17.4. The standard InChI is InChI=1S/C29H29N3O3S/c30-25-16-24(25)20-10-13-22(14-11-20)31-28(33)26(32-29(34)35-17-19-6-2-1-3-7-19)15-12-21-18-36-27-9-5-4-8-23(21)27/h1-11,13-14,18,24-26H,12,15-17,30H2,(H,31,33)(H,32,34)/t24-,25+,26?/m0/s1. The average Bonchev–Trinajstić information content (AvgIpc) is 3.49. The molecule has 1 heterocycles. The molecular weight excluding hydrogens is 470 g/mol. The Bertz CT molecular complexity index is 1340. The Morgan fingerprint density at radius 2 is 1.72 bits per heavy atom. The van der Waals surface area contributed by atoms with Crippen LogP contribution in [0.15, 0.2) is 84.2 Å². The van der Waals surface area contributed by atoms with Crippen molar-refractivity contribution in [3.63, 3.8) is 0 Å². The second-order valence-corrected chi connectivity index (χ2v) is 10.1. The zero-order valence-corrected chi connectivity index (χ0v) is 20.7. The fourth-order valence-corrected chi connectivity index (χ4v) is 5.34. The molecule has 1 fully saturated rings. The van der Waals surface area contributed by atoms with Crippen molar-refractivity contribution < 1.29 is 14.3 Å². The van der Waals surface area contributed by atoms with Crippen LogP contribution in [0.3, 0.4) is 0 Å². The first-order valence-electron chi connectivity index (χ1n) is 12.2. The monoisotopic (exact) mass is 499 g/mol. The molecule has 0 aliphatic heterocycles. The number of aryl methyl sites for hydroxylation is 1. The van der Waals surface area contributed by atoms with Gasteiger partial charge in [-0.2, -0.15) is 0 Å². The summed E-state index contributed by atoms with van der Waals surface area (Å²) < 4.78 is 6.59. The number of ether oxygens (including phenoxy) is 1. The molecule has 0 radical (unpaired) electrons. The number of anilines is 1. The van der Waals surface area contributed by atoms with Crippen molar-refractivity contribution in [3.05, 3.63) is 101 Å². The van der Waals surface area contributed by atoms with Gasteiger partial charge >= 0.3 is 6.09 Å². The van der Waals surface area contributed by atoms with E-state index in [0.717, 1.165) is 17.5 Å². The molecule has 7 heteroatoms. The third kappa shape index (κ3) is 5.93. The van der Waals surface area contributed by atoms with E-state index < -0.39 is 12.1 Å². The lowest BCUT2D eigenvalue weighted by atomic mass is 10.0. The Morgan fingerprint density at radius 3 is 2.47 bits per heavy atom. The van der Waals surface area contributed by atoms with E-state index in [9.17, 15) is 9.59 Å². The number of hydrogen-bond donors (Lipinski definition) is 3. The fraction of sp³-hybridized carbons (Fsp3) is 0.241. The molecule has 4 aromatic rings. The number of hydrogen-bond acceptors (Lipinski definition) is 5. The van der Waals surface area contributed by atoms with E-state index in [-0.39, 0.29) is 18.6 Å². The van der Waals surface area contributed by atoms with Gasteiger partial charge in [-0.25, -0.2) is 4.79 Å². The van der Waals surface area contributed by atoms with E-state index in [2.05, 4.69) is 28.1 Å². The second-order valence-electron chi connectivity index (χ2n) is 9.17. The summed E-state index contributed by atoms with van der Waals surface area (Å²) in [6, 6.07) is 24.9. The lowest BCUT2D eigenvalue weighted by Crippen LogP contribution is -2.44. The van der Waals surface area contributed by atoms with Gasteiger partial charge in [0.2, 0.25) is 5.91 Å². The minimum atomic E-state index is -0.747. The van der Waals surface area contributed by atoms with Crippen LogP contribution in [0.4, 0.5) is 10.5 Å².